The van der Waals surface area contributed by atoms with Gasteiger partial charge in [0.2, 0.25) is 0 Å². The van der Waals surface area contributed by atoms with Crippen molar-refractivity contribution in [3.05, 3.63) is 46.0 Å². The summed E-state index contributed by atoms with van der Waals surface area (Å²) in [4.78, 5) is 23.2. The first-order valence-electron chi connectivity index (χ1n) is 6.24. The van der Waals surface area contributed by atoms with Crippen LogP contribution in [-0.4, -0.2) is 27.8 Å². The molecule has 0 saturated carbocycles. The van der Waals surface area contributed by atoms with E-state index in [4.69, 9.17) is 4.74 Å². The Morgan fingerprint density at radius 3 is 2.75 bits per heavy atom. The minimum absolute atomic E-state index is 0.0578. The number of Topliss-reactive ketones (excluding diaryl/α,β-unsaturated/α-hetero) is 1. The van der Waals surface area contributed by atoms with Crippen molar-refractivity contribution in [2.45, 2.75) is 12.2 Å². The number of fused-ring (bicyclic) bond motifs is 3. The molecule has 0 aromatic heterocycles. The van der Waals surface area contributed by atoms with Crippen LogP contribution in [0.1, 0.15) is 6.42 Å². The number of ether oxygens (including phenoxy) is 1. The van der Waals surface area contributed by atoms with Crippen LogP contribution in [0.15, 0.2) is 35.6 Å². The van der Waals surface area contributed by atoms with Gasteiger partial charge in [0.05, 0.1) is 0 Å². The van der Waals surface area contributed by atoms with Crippen LogP contribution < -0.4 is 10.4 Å². The monoisotopic (exact) mass is 270 g/mol. The Bertz CT molecular complexity index is 828. The van der Waals surface area contributed by atoms with E-state index in [-0.39, 0.29) is 12.2 Å². The van der Waals surface area contributed by atoms with Crippen molar-refractivity contribution in [3.63, 3.8) is 0 Å². The number of hydrogen-bond acceptors (Lipinski definition) is 5. The minimum atomic E-state index is -2.29. The third kappa shape index (κ3) is 1.28. The van der Waals surface area contributed by atoms with Crippen LogP contribution in [0.5, 0.6) is 0 Å². The first-order valence-corrected chi connectivity index (χ1v) is 6.24. The van der Waals surface area contributed by atoms with Crippen LogP contribution in [0.4, 0.5) is 0 Å². The van der Waals surface area contributed by atoms with E-state index in [9.17, 15) is 19.8 Å². The second kappa shape index (κ2) is 3.45. The molecule has 5 heteroatoms. The van der Waals surface area contributed by atoms with Gasteiger partial charge >= 0.3 is 5.97 Å². The summed E-state index contributed by atoms with van der Waals surface area (Å²) < 4.78 is 4.98. The van der Waals surface area contributed by atoms with E-state index in [1.165, 1.54) is 0 Å². The van der Waals surface area contributed by atoms with Gasteiger partial charge in [0.1, 0.15) is 11.7 Å². The molecule has 100 valence electrons. The maximum atomic E-state index is 11.8. The molecule has 0 radical (unpaired) electrons. The summed E-state index contributed by atoms with van der Waals surface area (Å²) in [6.45, 7) is 0. The molecule has 1 aromatic carbocycles. The van der Waals surface area contributed by atoms with Crippen molar-refractivity contribution in [3.8, 4) is 0 Å². The number of esters is 1. The second-order valence-electron chi connectivity index (χ2n) is 5.23. The standard InChI is InChI=1S/C15H10O5/c16-12-11-13(20-14(12)17)9-5-7-3-1-2-4-8(7)10(9)6-15(11,18)19/h1-5,11,18-19H,6H2. The quantitative estimate of drug-likeness (QED) is 0.348. The Hall–Kier alpha value is -2.24. The van der Waals surface area contributed by atoms with Crippen LogP contribution in [0, 0.1) is 5.92 Å². The van der Waals surface area contributed by atoms with Gasteiger partial charge in [-0.2, -0.15) is 0 Å². The molecular formula is C15H10O5. The van der Waals surface area contributed by atoms with Crippen molar-refractivity contribution in [2.75, 3.05) is 0 Å². The van der Waals surface area contributed by atoms with E-state index in [2.05, 4.69) is 0 Å². The highest BCUT2D eigenvalue weighted by Gasteiger charge is 2.56. The van der Waals surface area contributed by atoms with Gasteiger partial charge in [-0.3, -0.25) is 4.79 Å². The topological polar surface area (TPSA) is 83.8 Å². The smallest absolute Gasteiger partial charge is 0.380 e. The first-order chi connectivity index (χ1) is 9.49. The number of allylic oxidation sites excluding steroid dienone is 1. The van der Waals surface area contributed by atoms with E-state index in [1.807, 2.05) is 30.3 Å². The lowest BCUT2D eigenvalue weighted by Crippen LogP contribution is -2.45. The summed E-state index contributed by atoms with van der Waals surface area (Å²) >= 11 is 0. The van der Waals surface area contributed by atoms with Gasteiger partial charge in [-0.05, 0) is 22.1 Å². The lowest BCUT2D eigenvalue weighted by molar-refractivity contribution is -0.189. The fraction of sp³-hybridized carbons (Fsp3) is 0.200. The third-order valence-corrected chi connectivity index (χ3v) is 4.00. The third-order valence-electron chi connectivity index (χ3n) is 4.00. The van der Waals surface area contributed by atoms with Gasteiger partial charge in [-0.15, -0.1) is 0 Å². The molecule has 0 spiro atoms. The van der Waals surface area contributed by atoms with Crippen LogP contribution in [0.2, 0.25) is 0 Å². The Balaban J connectivity index is 2.09. The molecule has 2 N–H and O–H groups in total. The summed E-state index contributed by atoms with van der Waals surface area (Å²) in [6, 6.07) is 7.47. The summed E-state index contributed by atoms with van der Waals surface area (Å²) in [5, 5.41) is 22.1. The minimum Gasteiger partial charge on any atom is -0.424 e. The molecule has 1 saturated heterocycles. The summed E-state index contributed by atoms with van der Waals surface area (Å²) in [5.74, 6) is -5.49. The van der Waals surface area contributed by atoms with Crippen molar-refractivity contribution in [2.24, 2.45) is 5.92 Å². The highest BCUT2D eigenvalue weighted by atomic mass is 16.6. The molecule has 0 bridgehead atoms. The Labute approximate surface area is 113 Å². The SMILES string of the molecule is O=C1OC2=C3C=c4ccccc4=C3CC(O)(O)C2C1=O. The highest BCUT2D eigenvalue weighted by Crippen LogP contribution is 2.45. The van der Waals surface area contributed by atoms with Gasteiger partial charge in [0.15, 0.2) is 5.79 Å². The molecule has 0 amide bonds. The largest absolute Gasteiger partial charge is 0.424 e. The molecule has 3 aliphatic rings. The number of ketones is 1. The van der Waals surface area contributed by atoms with E-state index < -0.39 is 23.5 Å². The van der Waals surface area contributed by atoms with Gasteiger partial charge in [-0.25, -0.2) is 4.79 Å². The second-order valence-corrected chi connectivity index (χ2v) is 5.23. The Morgan fingerprint density at radius 2 is 1.95 bits per heavy atom. The van der Waals surface area contributed by atoms with Gasteiger partial charge < -0.3 is 14.9 Å². The van der Waals surface area contributed by atoms with Crippen LogP contribution in [0.3, 0.4) is 0 Å². The van der Waals surface area contributed by atoms with Crippen LogP contribution >= 0.6 is 0 Å². The molecule has 1 heterocycles. The Morgan fingerprint density at radius 1 is 1.20 bits per heavy atom. The normalized spacial score (nSPS) is 25.9. The average Bonchev–Trinajstić information content (AvgIpc) is 2.89. The molecule has 1 fully saturated rings. The summed E-state index contributed by atoms with van der Waals surface area (Å²) in [7, 11) is 0. The van der Waals surface area contributed by atoms with Gasteiger partial charge in [0, 0.05) is 12.0 Å². The summed E-state index contributed by atoms with van der Waals surface area (Å²) in [6.07, 6.45) is 1.71. The predicted octanol–water partition coefficient (Wildman–Crippen LogP) is -1.29. The van der Waals surface area contributed by atoms with Gasteiger partial charge in [-0.1, -0.05) is 24.3 Å². The molecule has 4 rings (SSSR count). The first kappa shape index (κ1) is 11.6. The number of carbonyl (C=O) groups is 2. The number of rotatable bonds is 0. The summed E-state index contributed by atoms with van der Waals surface area (Å²) in [5.41, 5.74) is 1.31. The number of aliphatic hydroxyl groups is 2. The number of carbonyl (C=O) groups excluding carboxylic acids is 2. The van der Waals surface area contributed by atoms with Crippen LogP contribution in [0.25, 0.3) is 11.6 Å². The fourth-order valence-electron chi connectivity index (χ4n) is 3.13. The van der Waals surface area contributed by atoms with E-state index in [0.29, 0.717) is 11.1 Å². The number of hydrogen-bond donors (Lipinski definition) is 2. The molecular weight excluding hydrogens is 260 g/mol. The molecule has 5 nitrogen and oxygen atoms in total. The number of benzene rings is 1. The molecule has 1 unspecified atom stereocenters. The molecule has 2 aliphatic carbocycles. The van der Waals surface area contributed by atoms with E-state index in [0.717, 1.165) is 10.4 Å². The maximum absolute atomic E-state index is 11.8. The van der Waals surface area contributed by atoms with Crippen molar-refractivity contribution in [1.29, 1.82) is 0 Å². The maximum Gasteiger partial charge on any atom is 0.380 e. The van der Waals surface area contributed by atoms with Crippen LogP contribution in [-0.2, 0) is 14.3 Å². The highest BCUT2D eigenvalue weighted by molar-refractivity contribution is 6.38. The average molecular weight is 270 g/mol. The Kier molecular flexibility index (Phi) is 1.99. The lowest BCUT2D eigenvalue weighted by Gasteiger charge is -2.32. The molecule has 1 atom stereocenters. The zero-order chi connectivity index (χ0) is 14.1. The molecule has 1 aromatic rings. The molecule has 20 heavy (non-hydrogen) atoms. The van der Waals surface area contributed by atoms with Crippen molar-refractivity contribution >= 4 is 23.4 Å². The van der Waals surface area contributed by atoms with Crippen molar-refractivity contribution in [1.82, 2.24) is 0 Å². The fourth-order valence-corrected chi connectivity index (χ4v) is 3.13. The van der Waals surface area contributed by atoms with E-state index >= 15 is 0 Å². The van der Waals surface area contributed by atoms with Crippen molar-refractivity contribution < 1.29 is 24.5 Å². The zero-order valence-corrected chi connectivity index (χ0v) is 10.3. The molecule has 1 aliphatic heterocycles. The predicted molar refractivity (Wildman–Crippen MR) is 67.0 cm³/mol. The zero-order valence-electron chi connectivity index (χ0n) is 10.3. The van der Waals surface area contributed by atoms with E-state index in [1.54, 1.807) is 0 Å². The van der Waals surface area contributed by atoms with Gasteiger partial charge in [0.25, 0.3) is 5.78 Å². The lowest BCUT2D eigenvalue weighted by atomic mass is 9.79.